The molecule has 0 saturated carbocycles. The van der Waals surface area contributed by atoms with Crippen molar-refractivity contribution in [3.05, 3.63) is 62.9 Å². The van der Waals surface area contributed by atoms with Crippen LogP contribution in [-0.4, -0.2) is 37.0 Å². The molecule has 1 aromatic heterocycles. The lowest BCUT2D eigenvalue weighted by molar-refractivity contribution is 0.102. The van der Waals surface area contributed by atoms with Gasteiger partial charge in [-0.3, -0.25) is 9.48 Å². The first-order valence-electron chi connectivity index (χ1n) is 9.38. The fourth-order valence-electron chi connectivity index (χ4n) is 3.30. The molecule has 164 valence electrons. The number of methoxy groups -OCH3 is 3. The summed E-state index contributed by atoms with van der Waals surface area (Å²) in [4.78, 5) is 13.1. The summed E-state index contributed by atoms with van der Waals surface area (Å²) in [6, 6.07) is 8.71. The van der Waals surface area contributed by atoms with Crippen LogP contribution in [0.2, 0.25) is 10.0 Å². The van der Waals surface area contributed by atoms with Gasteiger partial charge in [0.05, 0.1) is 60.6 Å². The van der Waals surface area contributed by atoms with Crippen LogP contribution < -0.4 is 19.5 Å². The van der Waals surface area contributed by atoms with Crippen LogP contribution in [0.4, 0.5) is 5.69 Å². The monoisotopic (exact) mass is 463 g/mol. The predicted molar refractivity (Wildman–Crippen MR) is 121 cm³/mol. The minimum atomic E-state index is -0.349. The highest BCUT2D eigenvalue weighted by Gasteiger charge is 2.23. The molecule has 0 aliphatic heterocycles. The number of benzene rings is 2. The van der Waals surface area contributed by atoms with Gasteiger partial charge in [0.1, 0.15) is 0 Å². The molecule has 0 fully saturated rings. The van der Waals surface area contributed by atoms with Crippen molar-refractivity contribution in [2.24, 2.45) is 0 Å². The van der Waals surface area contributed by atoms with Crippen LogP contribution in [0.25, 0.3) is 0 Å². The summed E-state index contributed by atoms with van der Waals surface area (Å²) in [6.07, 6.45) is 0. The number of hydrogen-bond acceptors (Lipinski definition) is 5. The molecule has 0 aliphatic rings. The molecule has 1 heterocycles. The fourth-order valence-corrected chi connectivity index (χ4v) is 3.62. The SMILES string of the molecule is COc1ccc(C(=O)Nc2c(C)nn(Cc3ccc(Cl)c(Cl)c3)c2C)c(OC)c1OC. The Kier molecular flexibility index (Phi) is 6.97. The highest BCUT2D eigenvalue weighted by atomic mass is 35.5. The van der Waals surface area contributed by atoms with Crippen LogP contribution in [-0.2, 0) is 6.54 Å². The predicted octanol–water partition coefficient (Wildman–Crippen LogP) is 5.13. The van der Waals surface area contributed by atoms with E-state index >= 15 is 0 Å². The summed E-state index contributed by atoms with van der Waals surface area (Å²) in [6.45, 7) is 4.21. The zero-order valence-corrected chi connectivity index (χ0v) is 19.4. The summed E-state index contributed by atoms with van der Waals surface area (Å²) in [5.74, 6) is 0.759. The highest BCUT2D eigenvalue weighted by Crippen LogP contribution is 2.40. The first-order valence-corrected chi connectivity index (χ1v) is 10.1. The van der Waals surface area contributed by atoms with Crippen LogP contribution in [0.3, 0.4) is 0 Å². The van der Waals surface area contributed by atoms with Gasteiger partial charge in [0.15, 0.2) is 11.5 Å². The number of anilines is 1. The molecule has 7 nitrogen and oxygen atoms in total. The number of carbonyl (C=O) groups excluding carboxylic acids is 1. The van der Waals surface area contributed by atoms with Gasteiger partial charge in [0, 0.05) is 0 Å². The van der Waals surface area contributed by atoms with Crippen LogP contribution in [0, 0.1) is 13.8 Å². The summed E-state index contributed by atoms with van der Waals surface area (Å²) in [5.41, 5.74) is 3.37. The molecule has 0 spiro atoms. The summed E-state index contributed by atoms with van der Waals surface area (Å²) in [5, 5.41) is 8.47. The van der Waals surface area contributed by atoms with Crippen LogP contribution in [0.1, 0.15) is 27.3 Å². The van der Waals surface area contributed by atoms with Gasteiger partial charge >= 0.3 is 0 Å². The normalized spacial score (nSPS) is 10.7. The second-order valence-electron chi connectivity index (χ2n) is 6.79. The third kappa shape index (κ3) is 4.57. The third-order valence-electron chi connectivity index (χ3n) is 4.89. The molecular formula is C22H23Cl2N3O4. The molecule has 1 N–H and O–H groups in total. The summed E-state index contributed by atoms with van der Waals surface area (Å²) < 4.78 is 17.9. The third-order valence-corrected chi connectivity index (χ3v) is 5.62. The number of aromatic nitrogens is 2. The Labute approximate surface area is 190 Å². The molecule has 2 aromatic carbocycles. The molecular weight excluding hydrogens is 441 g/mol. The van der Waals surface area contributed by atoms with Gasteiger partial charge in [0.2, 0.25) is 5.75 Å². The Morgan fingerprint density at radius 2 is 1.71 bits per heavy atom. The van der Waals surface area contributed by atoms with E-state index in [-0.39, 0.29) is 11.7 Å². The maximum Gasteiger partial charge on any atom is 0.259 e. The van der Waals surface area contributed by atoms with E-state index in [2.05, 4.69) is 10.4 Å². The van der Waals surface area contributed by atoms with Crippen LogP contribution >= 0.6 is 23.2 Å². The molecule has 0 atom stereocenters. The van der Waals surface area contributed by atoms with E-state index < -0.39 is 0 Å². The minimum Gasteiger partial charge on any atom is -0.493 e. The van der Waals surface area contributed by atoms with Crippen molar-refractivity contribution in [1.29, 1.82) is 0 Å². The molecule has 0 aliphatic carbocycles. The number of carbonyl (C=O) groups is 1. The molecule has 0 saturated heterocycles. The fraction of sp³-hybridized carbons (Fsp3) is 0.273. The van der Waals surface area contributed by atoms with Crippen molar-refractivity contribution in [3.8, 4) is 17.2 Å². The lowest BCUT2D eigenvalue weighted by Gasteiger charge is -2.15. The molecule has 0 bridgehead atoms. The van der Waals surface area contributed by atoms with Gasteiger partial charge in [-0.2, -0.15) is 5.10 Å². The number of aryl methyl sites for hydroxylation is 1. The summed E-state index contributed by atoms with van der Waals surface area (Å²) in [7, 11) is 4.48. The van der Waals surface area contributed by atoms with E-state index in [1.807, 2.05) is 19.9 Å². The average Bonchev–Trinajstić information content (AvgIpc) is 3.02. The minimum absolute atomic E-state index is 0.290. The Morgan fingerprint density at radius 1 is 1.00 bits per heavy atom. The Hall–Kier alpha value is -2.90. The quantitative estimate of drug-likeness (QED) is 0.525. The van der Waals surface area contributed by atoms with E-state index in [9.17, 15) is 4.79 Å². The Balaban J connectivity index is 1.90. The van der Waals surface area contributed by atoms with Gasteiger partial charge in [0.25, 0.3) is 5.91 Å². The second kappa shape index (κ2) is 9.49. The lowest BCUT2D eigenvalue weighted by Crippen LogP contribution is -2.15. The van der Waals surface area contributed by atoms with E-state index in [1.54, 1.807) is 28.9 Å². The van der Waals surface area contributed by atoms with Crippen molar-refractivity contribution in [3.63, 3.8) is 0 Å². The lowest BCUT2D eigenvalue weighted by atomic mass is 10.1. The number of nitrogens with zero attached hydrogens (tertiary/aromatic N) is 2. The molecule has 0 radical (unpaired) electrons. The Bertz CT molecular complexity index is 1130. The maximum absolute atomic E-state index is 13.1. The first kappa shape index (κ1) is 22.8. The summed E-state index contributed by atoms with van der Waals surface area (Å²) >= 11 is 12.1. The van der Waals surface area contributed by atoms with Gasteiger partial charge in [-0.15, -0.1) is 0 Å². The first-order chi connectivity index (χ1) is 14.8. The number of hydrogen-bond donors (Lipinski definition) is 1. The van der Waals surface area contributed by atoms with Crippen molar-refractivity contribution >= 4 is 34.8 Å². The van der Waals surface area contributed by atoms with Gasteiger partial charge < -0.3 is 19.5 Å². The van der Waals surface area contributed by atoms with Crippen molar-refractivity contribution in [1.82, 2.24) is 9.78 Å². The zero-order valence-electron chi connectivity index (χ0n) is 17.9. The van der Waals surface area contributed by atoms with E-state index in [0.717, 1.165) is 11.3 Å². The van der Waals surface area contributed by atoms with Crippen molar-refractivity contribution in [2.75, 3.05) is 26.6 Å². The molecule has 3 rings (SSSR count). The van der Waals surface area contributed by atoms with E-state index in [0.29, 0.717) is 45.0 Å². The smallest absolute Gasteiger partial charge is 0.259 e. The molecule has 31 heavy (non-hydrogen) atoms. The molecule has 0 unspecified atom stereocenters. The van der Waals surface area contributed by atoms with E-state index in [1.165, 1.54) is 21.3 Å². The largest absolute Gasteiger partial charge is 0.493 e. The highest BCUT2D eigenvalue weighted by molar-refractivity contribution is 6.42. The Morgan fingerprint density at radius 3 is 2.32 bits per heavy atom. The van der Waals surface area contributed by atoms with Gasteiger partial charge in [-0.25, -0.2) is 0 Å². The zero-order chi connectivity index (χ0) is 22.7. The van der Waals surface area contributed by atoms with Crippen LogP contribution in [0.15, 0.2) is 30.3 Å². The number of ether oxygens (including phenoxy) is 3. The second-order valence-corrected chi connectivity index (χ2v) is 7.60. The van der Waals surface area contributed by atoms with Crippen LogP contribution in [0.5, 0.6) is 17.2 Å². The topological polar surface area (TPSA) is 74.6 Å². The number of rotatable bonds is 7. The number of amides is 1. The number of nitrogens with one attached hydrogen (secondary N) is 1. The average molecular weight is 464 g/mol. The maximum atomic E-state index is 13.1. The standard InChI is InChI=1S/C22H23Cl2N3O4/c1-12-19(13(2)27(26-12)11-14-6-8-16(23)17(24)10-14)25-22(28)15-7-9-18(29-3)21(31-5)20(15)30-4/h6-10H,11H2,1-5H3,(H,25,28). The molecule has 1 amide bonds. The van der Waals surface area contributed by atoms with Gasteiger partial charge in [-0.1, -0.05) is 29.3 Å². The molecule has 3 aromatic rings. The van der Waals surface area contributed by atoms with Crippen molar-refractivity contribution < 1.29 is 19.0 Å². The molecule has 9 heteroatoms. The van der Waals surface area contributed by atoms with E-state index in [4.69, 9.17) is 37.4 Å². The van der Waals surface area contributed by atoms with Gasteiger partial charge in [-0.05, 0) is 43.7 Å². The van der Waals surface area contributed by atoms with Crippen molar-refractivity contribution in [2.45, 2.75) is 20.4 Å². The number of halogens is 2.